The Morgan fingerprint density at radius 3 is 2.42 bits per heavy atom. The topological polar surface area (TPSA) is 101 Å². The van der Waals surface area contributed by atoms with Crippen LogP contribution in [0.4, 0.5) is 5.82 Å². The van der Waals surface area contributed by atoms with E-state index in [1.165, 1.54) is 5.56 Å². The van der Waals surface area contributed by atoms with Gasteiger partial charge in [-0.3, -0.25) is 4.79 Å². The predicted octanol–water partition coefficient (Wildman–Crippen LogP) is 0.395. The first kappa shape index (κ1) is 18.3. The maximum Gasteiger partial charge on any atom is 0.255 e. The molecule has 1 saturated heterocycles. The largest absolute Gasteiger partial charge is 0.354 e. The smallest absolute Gasteiger partial charge is 0.255 e. The van der Waals surface area contributed by atoms with Gasteiger partial charge in [0.1, 0.15) is 5.82 Å². The van der Waals surface area contributed by atoms with Crippen LogP contribution < -0.4 is 21.9 Å². The number of hydrogen-bond donors (Lipinski definition) is 3. The van der Waals surface area contributed by atoms with Gasteiger partial charge in [-0.15, -0.1) is 0 Å². The van der Waals surface area contributed by atoms with Crippen molar-refractivity contribution in [2.24, 2.45) is 11.7 Å². The fourth-order valence-electron chi connectivity index (χ4n) is 3.04. The number of amides is 1. The van der Waals surface area contributed by atoms with Gasteiger partial charge in [0, 0.05) is 31.9 Å². The first-order chi connectivity index (χ1) is 12.6. The molecule has 2 aromatic rings. The van der Waals surface area contributed by atoms with Crippen LogP contribution in [-0.4, -0.2) is 42.2 Å². The number of nitrogens with two attached hydrogens (primary N) is 2. The molecular weight excluding hydrogens is 328 g/mol. The Kier molecular flexibility index (Phi) is 6.17. The summed E-state index contributed by atoms with van der Waals surface area (Å²) in [6, 6.07) is 14.2. The highest BCUT2D eigenvalue weighted by Gasteiger charge is 2.12. The summed E-state index contributed by atoms with van der Waals surface area (Å²) in [5.41, 5.74) is 3.22. The molecule has 0 bridgehead atoms. The lowest BCUT2D eigenvalue weighted by molar-refractivity contribution is -0.131. The van der Waals surface area contributed by atoms with Crippen LogP contribution in [0, 0.1) is 0 Å². The van der Waals surface area contributed by atoms with Gasteiger partial charge in [0.25, 0.3) is 5.91 Å². The fourth-order valence-corrected chi connectivity index (χ4v) is 3.04. The monoisotopic (exact) mass is 354 g/mol. The average Bonchev–Trinajstić information content (AvgIpc) is 2.68. The molecule has 1 aromatic heterocycles. The Morgan fingerprint density at radius 2 is 1.73 bits per heavy atom. The van der Waals surface area contributed by atoms with Gasteiger partial charge in [-0.1, -0.05) is 30.3 Å². The molecule has 2 heterocycles. The normalized spacial score (nSPS) is 14.3. The number of nitrogens with one attached hydrogen (secondary N) is 1. The summed E-state index contributed by atoms with van der Waals surface area (Å²) in [6.45, 7) is 4.01. The summed E-state index contributed by atoms with van der Waals surface area (Å²) in [7, 11) is 0. The molecule has 0 radical (unpaired) electrons. The van der Waals surface area contributed by atoms with Crippen molar-refractivity contribution >= 4 is 11.7 Å². The third kappa shape index (κ3) is 5.01. The predicted molar refractivity (Wildman–Crippen MR) is 102 cm³/mol. The molecule has 1 aliphatic rings. The number of benzene rings is 1. The molecular formula is C19H26N6O. The van der Waals surface area contributed by atoms with Gasteiger partial charge in [-0.05, 0) is 36.1 Å². The van der Waals surface area contributed by atoms with E-state index in [2.05, 4.69) is 28.4 Å². The number of aromatic nitrogens is 1. The van der Waals surface area contributed by atoms with E-state index in [9.17, 15) is 4.79 Å². The lowest BCUT2D eigenvalue weighted by Gasteiger charge is -2.28. The number of anilines is 1. The van der Waals surface area contributed by atoms with Gasteiger partial charge in [-0.25, -0.2) is 21.8 Å². The van der Waals surface area contributed by atoms with Crippen LogP contribution in [0.2, 0.25) is 0 Å². The number of piperazine rings is 1. The third-order valence-corrected chi connectivity index (χ3v) is 4.57. The molecule has 26 heavy (non-hydrogen) atoms. The number of nitrogens with zero attached hydrogens (tertiary/aromatic N) is 3. The maximum absolute atomic E-state index is 11.5. The zero-order chi connectivity index (χ0) is 18.4. The van der Waals surface area contributed by atoms with Crippen molar-refractivity contribution in [2.45, 2.75) is 19.3 Å². The van der Waals surface area contributed by atoms with Crippen LogP contribution in [0.5, 0.6) is 0 Å². The average molecular weight is 354 g/mol. The Bertz CT molecular complexity index is 725. The minimum absolute atomic E-state index is 0.210. The van der Waals surface area contributed by atoms with Crippen LogP contribution in [-0.2, 0) is 24.1 Å². The van der Waals surface area contributed by atoms with Crippen LogP contribution in [0.1, 0.15) is 16.8 Å². The zero-order valence-electron chi connectivity index (χ0n) is 14.9. The summed E-state index contributed by atoms with van der Waals surface area (Å²) in [5, 5.41) is 3.99. The van der Waals surface area contributed by atoms with Gasteiger partial charge in [0.15, 0.2) is 0 Å². The number of pyridine rings is 1. The second-order valence-corrected chi connectivity index (χ2v) is 6.52. The van der Waals surface area contributed by atoms with E-state index in [-0.39, 0.29) is 12.3 Å². The van der Waals surface area contributed by atoms with Gasteiger partial charge in [-0.2, -0.15) is 0 Å². The Balaban J connectivity index is 1.56. The number of aryl methyl sites for hydroxylation is 2. The molecule has 1 aliphatic heterocycles. The van der Waals surface area contributed by atoms with E-state index in [1.807, 2.05) is 24.3 Å². The SMILES string of the molecule is NN(N)C(=O)Cc1ccc(CCc2cccc(N3CCNCC3)n2)cc1. The van der Waals surface area contributed by atoms with Crippen LogP contribution in [0.25, 0.3) is 0 Å². The van der Waals surface area contributed by atoms with E-state index in [4.69, 9.17) is 16.7 Å². The van der Waals surface area contributed by atoms with Crippen molar-refractivity contribution < 1.29 is 4.79 Å². The van der Waals surface area contributed by atoms with Crippen molar-refractivity contribution in [2.75, 3.05) is 31.1 Å². The quantitative estimate of drug-likeness (QED) is 0.394. The standard InChI is InChI=1S/C19H26N6O/c20-25(21)19(26)14-16-6-4-15(5-7-16)8-9-17-2-1-3-18(23-17)24-12-10-22-11-13-24/h1-7,22H,8-14,20-21H2. The number of carbonyl (C=O) groups excluding carboxylic acids is 1. The van der Waals surface area contributed by atoms with Crippen LogP contribution in [0.15, 0.2) is 42.5 Å². The highest BCUT2D eigenvalue weighted by Crippen LogP contribution is 2.14. The zero-order valence-corrected chi connectivity index (χ0v) is 14.9. The minimum atomic E-state index is -0.313. The van der Waals surface area contributed by atoms with Crippen molar-refractivity contribution in [3.8, 4) is 0 Å². The molecule has 1 amide bonds. The summed E-state index contributed by atoms with van der Waals surface area (Å²) < 4.78 is 0. The highest BCUT2D eigenvalue weighted by atomic mass is 16.2. The molecule has 5 N–H and O–H groups in total. The molecule has 138 valence electrons. The number of hydrogen-bond acceptors (Lipinski definition) is 6. The molecule has 1 fully saturated rings. The highest BCUT2D eigenvalue weighted by molar-refractivity contribution is 5.77. The fraction of sp³-hybridized carbons (Fsp3) is 0.368. The van der Waals surface area contributed by atoms with E-state index in [1.54, 1.807) is 0 Å². The molecule has 3 rings (SSSR count). The maximum atomic E-state index is 11.5. The Hall–Kier alpha value is -2.48. The summed E-state index contributed by atoms with van der Waals surface area (Å²) in [4.78, 5) is 18.7. The first-order valence-corrected chi connectivity index (χ1v) is 8.93. The molecule has 0 unspecified atom stereocenters. The molecule has 1 aromatic carbocycles. The third-order valence-electron chi connectivity index (χ3n) is 4.57. The number of rotatable bonds is 6. The molecule has 7 heteroatoms. The van der Waals surface area contributed by atoms with E-state index in [0.717, 1.165) is 56.1 Å². The molecule has 7 nitrogen and oxygen atoms in total. The number of carbonyl (C=O) groups is 1. The summed E-state index contributed by atoms with van der Waals surface area (Å²) >= 11 is 0. The van der Waals surface area contributed by atoms with E-state index < -0.39 is 0 Å². The number of hydrazine groups is 2. The van der Waals surface area contributed by atoms with E-state index in [0.29, 0.717) is 5.12 Å². The molecule has 0 aliphatic carbocycles. The van der Waals surface area contributed by atoms with Crippen LogP contribution in [0.3, 0.4) is 0 Å². The van der Waals surface area contributed by atoms with Gasteiger partial charge < -0.3 is 10.2 Å². The van der Waals surface area contributed by atoms with Crippen molar-refractivity contribution in [1.29, 1.82) is 0 Å². The molecule has 0 saturated carbocycles. The Morgan fingerprint density at radius 1 is 1.04 bits per heavy atom. The molecule has 0 spiro atoms. The second kappa shape index (κ2) is 8.75. The lowest BCUT2D eigenvalue weighted by Crippen LogP contribution is -2.44. The lowest BCUT2D eigenvalue weighted by atomic mass is 10.0. The van der Waals surface area contributed by atoms with Gasteiger partial charge >= 0.3 is 0 Å². The molecule has 0 atom stereocenters. The van der Waals surface area contributed by atoms with E-state index >= 15 is 0 Å². The minimum Gasteiger partial charge on any atom is -0.354 e. The summed E-state index contributed by atoms with van der Waals surface area (Å²) in [6.07, 6.45) is 2.01. The van der Waals surface area contributed by atoms with Crippen molar-refractivity contribution in [3.63, 3.8) is 0 Å². The van der Waals surface area contributed by atoms with Gasteiger partial charge in [0.05, 0.1) is 6.42 Å². The Labute approximate surface area is 153 Å². The summed E-state index contributed by atoms with van der Waals surface area (Å²) in [5.74, 6) is 11.2. The van der Waals surface area contributed by atoms with Crippen molar-refractivity contribution in [3.05, 3.63) is 59.3 Å². The first-order valence-electron chi connectivity index (χ1n) is 8.93. The second-order valence-electron chi connectivity index (χ2n) is 6.52. The van der Waals surface area contributed by atoms with Crippen LogP contribution >= 0.6 is 0 Å². The van der Waals surface area contributed by atoms with Gasteiger partial charge in [0.2, 0.25) is 0 Å². The van der Waals surface area contributed by atoms with Crippen molar-refractivity contribution in [1.82, 2.24) is 15.4 Å².